The van der Waals surface area contributed by atoms with Crippen LogP contribution in [0, 0.1) is 11.3 Å². The quantitative estimate of drug-likeness (QED) is 0.518. The van der Waals surface area contributed by atoms with Gasteiger partial charge in [-0.1, -0.05) is 49.4 Å². The van der Waals surface area contributed by atoms with E-state index in [9.17, 15) is 14.4 Å². The molecule has 2 aromatic rings. The minimum atomic E-state index is -0.811. The van der Waals surface area contributed by atoms with E-state index in [-0.39, 0.29) is 28.9 Å². The Morgan fingerprint density at radius 3 is 2.23 bits per heavy atom. The Kier molecular flexibility index (Phi) is 7.86. The molecule has 1 aliphatic heterocycles. The monoisotopic (exact) mass is 478 g/mol. The molecule has 4 rings (SSSR count). The molecule has 186 valence electrons. The molecule has 2 N–H and O–H groups in total. The number of hydrogen-bond donors (Lipinski definition) is 2. The molecule has 2 fully saturated rings. The first kappa shape index (κ1) is 24.9. The molecule has 35 heavy (non-hydrogen) atoms. The molecule has 1 heterocycles. The highest BCUT2D eigenvalue weighted by atomic mass is 16.5. The van der Waals surface area contributed by atoms with Gasteiger partial charge in [0.2, 0.25) is 11.8 Å². The van der Waals surface area contributed by atoms with Gasteiger partial charge in [-0.05, 0) is 48.9 Å². The fourth-order valence-electron chi connectivity index (χ4n) is 4.42. The number of methoxy groups -OCH3 is 1. The van der Waals surface area contributed by atoms with Crippen molar-refractivity contribution < 1.29 is 23.9 Å². The van der Waals surface area contributed by atoms with E-state index in [4.69, 9.17) is 9.47 Å². The summed E-state index contributed by atoms with van der Waals surface area (Å²) in [5, 5.41) is 5.92. The molecule has 2 amide bonds. The Bertz CT molecular complexity index is 1030. The van der Waals surface area contributed by atoms with Crippen LogP contribution < -0.4 is 15.4 Å². The zero-order valence-corrected chi connectivity index (χ0v) is 20.4. The lowest BCUT2D eigenvalue weighted by molar-refractivity contribution is -0.133. The fourth-order valence-corrected chi connectivity index (χ4v) is 4.42. The van der Waals surface area contributed by atoms with Crippen LogP contribution in [0.5, 0.6) is 5.75 Å². The second-order valence-electron chi connectivity index (χ2n) is 9.85. The van der Waals surface area contributed by atoms with Crippen LogP contribution >= 0.6 is 0 Å². The Morgan fingerprint density at radius 1 is 0.971 bits per heavy atom. The summed E-state index contributed by atoms with van der Waals surface area (Å²) in [6, 6.07) is 15.6. The van der Waals surface area contributed by atoms with Crippen molar-refractivity contribution in [2.45, 2.75) is 51.1 Å². The van der Waals surface area contributed by atoms with Crippen molar-refractivity contribution in [2.75, 3.05) is 20.3 Å². The van der Waals surface area contributed by atoms with Crippen LogP contribution in [-0.2, 0) is 32.0 Å². The van der Waals surface area contributed by atoms with Crippen LogP contribution in [-0.4, -0.2) is 50.0 Å². The fraction of sp³-hybridized carbons (Fsp3) is 0.464. The highest BCUT2D eigenvalue weighted by molar-refractivity contribution is 5.96. The first-order valence-electron chi connectivity index (χ1n) is 12.3. The second kappa shape index (κ2) is 11.0. The van der Waals surface area contributed by atoms with Gasteiger partial charge in [-0.25, -0.2) is 0 Å². The molecular weight excluding hydrogens is 444 g/mol. The standard InChI is InChI=1S/C28H34N2O5/c1-28(13-14-28)25(31)23(16-19-6-4-3-5-7-19)29-27(33)24(30-26(32)21-12-15-35-18-21)17-20-8-10-22(34-2)11-9-20/h3-11,21,23-24H,12-18H2,1-2H3,(H,29,33)(H,30,32). The molecule has 3 unspecified atom stereocenters. The molecule has 0 radical (unpaired) electrons. The van der Waals surface area contributed by atoms with Crippen LogP contribution in [0.15, 0.2) is 54.6 Å². The number of ether oxygens (including phenoxy) is 2. The van der Waals surface area contributed by atoms with Crippen LogP contribution in [0.3, 0.4) is 0 Å². The summed E-state index contributed by atoms with van der Waals surface area (Å²) < 4.78 is 10.6. The van der Waals surface area contributed by atoms with E-state index in [1.54, 1.807) is 7.11 Å². The third kappa shape index (κ3) is 6.48. The van der Waals surface area contributed by atoms with E-state index in [0.717, 1.165) is 24.0 Å². The molecule has 2 aromatic carbocycles. The van der Waals surface area contributed by atoms with E-state index in [1.165, 1.54) is 0 Å². The highest BCUT2D eigenvalue weighted by Crippen LogP contribution is 2.46. The number of carbonyl (C=O) groups is 3. The molecule has 3 atom stereocenters. The maximum Gasteiger partial charge on any atom is 0.243 e. The lowest BCUT2D eigenvalue weighted by Gasteiger charge is -2.25. The van der Waals surface area contributed by atoms with Crippen molar-refractivity contribution in [3.8, 4) is 5.75 Å². The van der Waals surface area contributed by atoms with Gasteiger partial charge in [0.05, 0.1) is 25.7 Å². The number of hydrogen-bond acceptors (Lipinski definition) is 5. The molecule has 1 aliphatic carbocycles. The average Bonchev–Trinajstić information content (AvgIpc) is 3.39. The van der Waals surface area contributed by atoms with E-state index in [0.29, 0.717) is 38.2 Å². The molecule has 1 saturated heterocycles. The maximum absolute atomic E-state index is 13.5. The number of rotatable bonds is 11. The smallest absolute Gasteiger partial charge is 0.243 e. The molecule has 7 nitrogen and oxygen atoms in total. The third-order valence-electron chi connectivity index (χ3n) is 7.04. The summed E-state index contributed by atoms with van der Waals surface area (Å²) in [4.78, 5) is 39.7. The zero-order valence-electron chi connectivity index (χ0n) is 20.4. The summed E-state index contributed by atoms with van der Waals surface area (Å²) in [6.07, 6.45) is 3.02. The van der Waals surface area contributed by atoms with E-state index in [1.807, 2.05) is 61.5 Å². The van der Waals surface area contributed by atoms with Crippen molar-refractivity contribution in [1.29, 1.82) is 0 Å². The Balaban J connectivity index is 1.52. The van der Waals surface area contributed by atoms with E-state index >= 15 is 0 Å². The van der Waals surface area contributed by atoms with Crippen LogP contribution in [0.1, 0.15) is 37.3 Å². The van der Waals surface area contributed by atoms with Gasteiger partial charge >= 0.3 is 0 Å². The first-order chi connectivity index (χ1) is 16.9. The number of nitrogens with one attached hydrogen (secondary N) is 2. The van der Waals surface area contributed by atoms with Crippen molar-refractivity contribution in [1.82, 2.24) is 10.6 Å². The van der Waals surface area contributed by atoms with Crippen molar-refractivity contribution in [3.05, 3.63) is 65.7 Å². The predicted molar refractivity (Wildman–Crippen MR) is 132 cm³/mol. The van der Waals surface area contributed by atoms with Gasteiger partial charge in [0, 0.05) is 18.4 Å². The van der Waals surface area contributed by atoms with Crippen molar-refractivity contribution in [3.63, 3.8) is 0 Å². The van der Waals surface area contributed by atoms with Crippen LogP contribution in [0.4, 0.5) is 0 Å². The number of Topliss-reactive ketones (excluding diaryl/α,β-unsaturated/α-hetero) is 1. The Hall–Kier alpha value is -3.19. The minimum Gasteiger partial charge on any atom is -0.497 e. The van der Waals surface area contributed by atoms with Gasteiger partial charge < -0.3 is 20.1 Å². The number of ketones is 1. The number of amides is 2. The summed E-state index contributed by atoms with van der Waals surface area (Å²) >= 11 is 0. The summed E-state index contributed by atoms with van der Waals surface area (Å²) in [7, 11) is 1.60. The third-order valence-corrected chi connectivity index (χ3v) is 7.04. The van der Waals surface area contributed by atoms with Gasteiger partial charge in [0.1, 0.15) is 11.8 Å². The normalized spacial score (nSPS) is 19.9. The highest BCUT2D eigenvalue weighted by Gasteiger charge is 2.48. The molecule has 7 heteroatoms. The molecule has 2 aliphatic rings. The number of benzene rings is 2. The van der Waals surface area contributed by atoms with Crippen LogP contribution in [0.2, 0.25) is 0 Å². The Labute approximate surface area is 206 Å². The molecule has 1 saturated carbocycles. The van der Waals surface area contributed by atoms with Crippen molar-refractivity contribution >= 4 is 17.6 Å². The topological polar surface area (TPSA) is 93.7 Å². The lowest BCUT2D eigenvalue weighted by Crippen LogP contribution is -2.54. The summed E-state index contributed by atoms with van der Waals surface area (Å²) in [5.41, 5.74) is 1.48. The van der Waals surface area contributed by atoms with Gasteiger partial charge in [-0.15, -0.1) is 0 Å². The maximum atomic E-state index is 13.5. The van der Waals surface area contributed by atoms with E-state index < -0.39 is 12.1 Å². The summed E-state index contributed by atoms with van der Waals surface area (Å²) in [5.74, 6) is -0.0577. The second-order valence-corrected chi connectivity index (χ2v) is 9.85. The minimum absolute atomic E-state index is 0.0495. The van der Waals surface area contributed by atoms with Gasteiger partial charge in [-0.3, -0.25) is 14.4 Å². The van der Waals surface area contributed by atoms with Gasteiger partial charge in [0.25, 0.3) is 0 Å². The largest absolute Gasteiger partial charge is 0.497 e. The van der Waals surface area contributed by atoms with Gasteiger partial charge in [0.15, 0.2) is 5.78 Å². The van der Waals surface area contributed by atoms with Crippen LogP contribution in [0.25, 0.3) is 0 Å². The molecule has 0 bridgehead atoms. The number of carbonyl (C=O) groups excluding carboxylic acids is 3. The molecule has 0 spiro atoms. The lowest BCUT2D eigenvalue weighted by atomic mass is 9.92. The van der Waals surface area contributed by atoms with E-state index in [2.05, 4.69) is 10.6 Å². The first-order valence-corrected chi connectivity index (χ1v) is 12.3. The average molecular weight is 479 g/mol. The SMILES string of the molecule is COc1ccc(CC(NC(=O)C2CCOC2)C(=O)NC(Cc2ccccc2)C(=O)C2(C)CC2)cc1. The Morgan fingerprint density at radius 2 is 1.63 bits per heavy atom. The zero-order chi connectivity index (χ0) is 24.8. The molecule has 0 aromatic heterocycles. The molecular formula is C28H34N2O5. The van der Waals surface area contributed by atoms with Gasteiger partial charge in [-0.2, -0.15) is 0 Å². The van der Waals surface area contributed by atoms with Crippen molar-refractivity contribution in [2.24, 2.45) is 11.3 Å². The summed E-state index contributed by atoms with van der Waals surface area (Å²) in [6.45, 7) is 2.85. The predicted octanol–water partition coefficient (Wildman–Crippen LogP) is 2.86.